The van der Waals surface area contributed by atoms with Crippen LogP contribution in [0.1, 0.15) is 29.2 Å². The van der Waals surface area contributed by atoms with Crippen LogP contribution in [0.15, 0.2) is 82.3 Å². The van der Waals surface area contributed by atoms with Gasteiger partial charge in [-0.3, -0.25) is 0 Å². The van der Waals surface area contributed by atoms with Gasteiger partial charge in [0.25, 0.3) is 0 Å². The van der Waals surface area contributed by atoms with Crippen LogP contribution < -0.4 is 4.74 Å². The number of amidine groups is 1. The number of hydrogen-bond acceptors (Lipinski definition) is 4. The van der Waals surface area contributed by atoms with Gasteiger partial charge in [0.2, 0.25) is 0 Å². The predicted molar refractivity (Wildman–Crippen MR) is 120 cm³/mol. The summed E-state index contributed by atoms with van der Waals surface area (Å²) in [4.78, 5) is 6.93. The van der Waals surface area contributed by atoms with E-state index in [1.165, 1.54) is 12.1 Å². The number of halogens is 4. The van der Waals surface area contributed by atoms with Crippen LogP contribution in [-0.2, 0) is 0 Å². The van der Waals surface area contributed by atoms with Crippen molar-refractivity contribution in [3.63, 3.8) is 0 Å². The molecule has 1 aliphatic heterocycles. The van der Waals surface area contributed by atoms with Crippen LogP contribution >= 0.6 is 15.9 Å². The molecule has 1 unspecified atom stereocenters. The Balaban J connectivity index is 1.82. The van der Waals surface area contributed by atoms with Crippen molar-refractivity contribution < 1.29 is 23.0 Å². The Hall–Kier alpha value is -2.84. The average Bonchev–Trinajstić information content (AvgIpc) is 2.77. The van der Waals surface area contributed by atoms with Crippen LogP contribution in [0, 0.1) is 0 Å². The second-order valence-electron chi connectivity index (χ2n) is 7.29. The summed E-state index contributed by atoms with van der Waals surface area (Å²) in [6.45, 7) is 0.524. The number of hydrogen-bond donors (Lipinski definition) is 1. The maximum atomic E-state index is 12.6. The molecule has 1 heterocycles. The van der Waals surface area contributed by atoms with Crippen molar-refractivity contribution in [2.24, 2.45) is 4.99 Å². The summed E-state index contributed by atoms with van der Waals surface area (Å²) in [6.07, 6.45) is -4.23. The van der Waals surface area contributed by atoms with Crippen molar-refractivity contribution in [1.82, 2.24) is 4.90 Å². The summed E-state index contributed by atoms with van der Waals surface area (Å²) >= 11 is 3.54. The van der Waals surface area contributed by atoms with Crippen LogP contribution in [0.5, 0.6) is 5.75 Å². The molecule has 1 N–H and O–H groups in total. The van der Waals surface area contributed by atoms with Crippen LogP contribution in [0.25, 0.3) is 0 Å². The molecule has 0 saturated carbocycles. The molecule has 8 heteroatoms. The van der Waals surface area contributed by atoms with Crippen LogP contribution in [-0.4, -0.2) is 35.4 Å². The number of nitrogens with zero attached hydrogens (tertiary/aromatic N) is 2. The van der Waals surface area contributed by atoms with Crippen molar-refractivity contribution in [1.29, 1.82) is 0 Å². The maximum Gasteiger partial charge on any atom is 0.573 e. The summed E-state index contributed by atoms with van der Waals surface area (Å²) < 4.78 is 42.6. The van der Waals surface area contributed by atoms with E-state index < -0.39 is 6.36 Å². The van der Waals surface area contributed by atoms with Crippen molar-refractivity contribution >= 4 is 27.5 Å². The Kier molecular flexibility index (Phi) is 6.53. The molecular weight excluding hydrogens is 485 g/mol. The number of alkyl halides is 3. The van der Waals surface area contributed by atoms with Crippen molar-refractivity contribution in [2.45, 2.75) is 18.8 Å². The molecule has 166 valence electrons. The first-order valence-corrected chi connectivity index (χ1v) is 10.8. The molecule has 0 fully saturated rings. The fourth-order valence-electron chi connectivity index (χ4n) is 3.82. The van der Waals surface area contributed by atoms with E-state index in [1.807, 2.05) is 48.5 Å². The molecule has 1 atom stereocenters. The molecule has 4 nitrogen and oxygen atoms in total. The van der Waals surface area contributed by atoms with Gasteiger partial charge in [-0.05, 0) is 54.4 Å². The van der Waals surface area contributed by atoms with Gasteiger partial charge in [0, 0.05) is 28.8 Å². The second-order valence-corrected chi connectivity index (χ2v) is 8.21. The van der Waals surface area contributed by atoms with E-state index in [4.69, 9.17) is 4.99 Å². The lowest BCUT2D eigenvalue weighted by Crippen LogP contribution is -2.39. The minimum absolute atomic E-state index is 0.00892. The lowest BCUT2D eigenvalue weighted by atomic mass is 9.92. The third-order valence-corrected chi connectivity index (χ3v) is 5.61. The molecule has 0 aliphatic carbocycles. The molecule has 0 saturated heterocycles. The first-order chi connectivity index (χ1) is 15.4. The third kappa shape index (κ3) is 4.97. The number of rotatable bonds is 6. The van der Waals surface area contributed by atoms with Crippen molar-refractivity contribution in [2.75, 3.05) is 13.2 Å². The molecule has 0 amide bonds. The number of aliphatic imine (C=N–C) groups is 1. The molecule has 3 aromatic carbocycles. The minimum Gasteiger partial charge on any atom is -0.406 e. The van der Waals surface area contributed by atoms with Crippen LogP contribution in [0.3, 0.4) is 0 Å². The first kappa shape index (κ1) is 22.4. The molecule has 1 aliphatic rings. The van der Waals surface area contributed by atoms with Gasteiger partial charge < -0.3 is 14.7 Å². The number of ether oxygens (including phenoxy) is 1. The van der Waals surface area contributed by atoms with E-state index in [0.717, 1.165) is 21.3 Å². The van der Waals surface area contributed by atoms with Gasteiger partial charge >= 0.3 is 6.36 Å². The zero-order chi connectivity index (χ0) is 22.7. The summed E-state index contributed by atoms with van der Waals surface area (Å²) in [7, 11) is 0. The molecule has 32 heavy (non-hydrogen) atoms. The number of benzene rings is 3. The number of aliphatic hydroxyl groups excluding tert-OH is 1. The SMILES string of the molecule is OCCCN1C(c2ccc(OC(F)(F)F)cc2)=Nc2ccc(Br)cc2C1c1ccccc1. The van der Waals surface area contributed by atoms with Gasteiger partial charge in [0.15, 0.2) is 0 Å². The molecule has 0 spiro atoms. The smallest absolute Gasteiger partial charge is 0.406 e. The van der Waals surface area contributed by atoms with Crippen LogP contribution in [0.2, 0.25) is 0 Å². The van der Waals surface area contributed by atoms with E-state index in [2.05, 4.69) is 25.6 Å². The lowest BCUT2D eigenvalue weighted by Gasteiger charge is -2.39. The highest BCUT2D eigenvalue weighted by atomic mass is 79.9. The standard InChI is InChI=1S/C24H20BrF3N2O2/c25-18-9-12-21-20(15-18)22(16-5-2-1-3-6-16)30(13-4-14-31)23(29-21)17-7-10-19(11-8-17)32-24(26,27)28/h1-3,5-12,15,22,31H,4,13-14H2. The molecule has 0 bridgehead atoms. The second kappa shape index (κ2) is 9.34. The van der Waals surface area contributed by atoms with E-state index in [0.29, 0.717) is 24.4 Å². The topological polar surface area (TPSA) is 45.1 Å². The molecule has 0 aromatic heterocycles. The Bertz CT molecular complexity index is 1100. The highest BCUT2D eigenvalue weighted by Crippen LogP contribution is 2.41. The fourth-order valence-corrected chi connectivity index (χ4v) is 4.20. The van der Waals surface area contributed by atoms with E-state index in [-0.39, 0.29) is 18.4 Å². The Labute approximate surface area is 192 Å². The molecule has 3 aromatic rings. The maximum absolute atomic E-state index is 12.6. The Morgan fingerprint density at radius 1 is 1.00 bits per heavy atom. The summed E-state index contributed by atoms with van der Waals surface area (Å²) in [6, 6.07) is 21.3. The number of fused-ring (bicyclic) bond motifs is 1. The van der Waals surface area contributed by atoms with E-state index in [1.54, 1.807) is 12.1 Å². The van der Waals surface area contributed by atoms with E-state index >= 15 is 0 Å². The minimum atomic E-state index is -4.75. The normalized spacial score (nSPS) is 15.8. The van der Waals surface area contributed by atoms with Crippen molar-refractivity contribution in [3.8, 4) is 5.75 Å². The highest BCUT2D eigenvalue weighted by Gasteiger charge is 2.33. The fraction of sp³-hybridized carbons (Fsp3) is 0.208. The molecule has 0 radical (unpaired) electrons. The van der Waals surface area contributed by atoms with Gasteiger partial charge in [-0.25, -0.2) is 4.99 Å². The Morgan fingerprint density at radius 2 is 1.72 bits per heavy atom. The summed E-state index contributed by atoms with van der Waals surface area (Å²) in [5, 5.41) is 9.50. The molecular formula is C24H20BrF3N2O2. The van der Waals surface area contributed by atoms with Crippen LogP contribution in [0.4, 0.5) is 18.9 Å². The number of aliphatic hydroxyl groups is 1. The average molecular weight is 505 g/mol. The van der Waals surface area contributed by atoms with Gasteiger partial charge in [-0.2, -0.15) is 0 Å². The highest BCUT2D eigenvalue weighted by molar-refractivity contribution is 9.10. The monoisotopic (exact) mass is 504 g/mol. The zero-order valence-corrected chi connectivity index (χ0v) is 18.5. The zero-order valence-electron chi connectivity index (χ0n) is 16.9. The summed E-state index contributed by atoms with van der Waals surface area (Å²) in [5.74, 6) is 0.337. The lowest BCUT2D eigenvalue weighted by molar-refractivity contribution is -0.274. The van der Waals surface area contributed by atoms with Crippen molar-refractivity contribution in [3.05, 3.63) is 94.0 Å². The predicted octanol–water partition coefficient (Wildman–Crippen LogP) is 6.21. The van der Waals surface area contributed by atoms with Gasteiger partial charge in [-0.1, -0.05) is 46.3 Å². The van der Waals surface area contributed by atoms with Gasteiger partial charge in [-0.15, -0.1) is 13.2 Å². The van der Waals surface area contributed by atoms with Gasteiger partial charge in [0.1, 0.15) is 11.6 Å². The Morgan fingerprint density at radius 3 is 2.38 bits per heavy atom. The molecule has 4 rings (SSSR count). The quantitative estimate of drug-likeness (QED) is 0.433. The first-order valence-electron chi connectivity index (χ1n) is 10.0. The summed E-state index contributed by atoms with van der Waals surface area (Å²) in [5.41, 5.74) is 3.50. The third-order valence-electron chi connectivity index (χ3n) is 5.11. The van der Waals surface area contributed by atoms with E-state index in [9.17, 15) is 18.3 Å². The van der Waals surface area contributed by atoms with Gasteiger partial charge in [0.05, 0.1) is 11.7 Å². The largest absolute Gasteiger partial charge is 0.573 e.